The first kappa shape index (κ1) is 47.5. The van der Waals surface area contributed by atoms with Crippen LogP contribution in [0.5, 0.6) is 0 Å². The number of ether oxygens (including phenoxy) is 9. The molecule has 0 spiro atoms. The highest BCUT2D eigenvalue weighted by Gasteiger charge is 2.43. The van der Waals surface area contributed by atoms with Crippen molar-refractivity contribution in [1.82, 2.24) is 0 Å². The maximum absolute atomic E-state index is 12.2. The van der Waals surface area contributed by atoms with Gasteiger partial charge in [0.15, 0.2) is 0 Å². The van der Waals surface area contributed by atoms with E-state index in [4.69, 9.17) is 42.6 Å². The maximum Gasteiger partial charge on any atom is 0.312 e. The van der Waals surface area contributed by atoms with Crippen LogP contribution < -0.4 is 0 Å². The maximum atomic E-state index is 12.2. The lowest BCUT2D eigenvalue weighted by molar-refractivity contribution is -0.158. The van der Waals surface area contributed by atoms with Crippen molar-refractivity contribution >= 4 is 5.97 Å². The lowest BCUT2D eigenvalue weighted by Crippen LogP contribution is -2.35. The molecule has 2 unspecified atom stereocenters. The molecule has 0 aromatic carbocycles. The third-order valence-electron chi connectivity index (χ3n) is 11.8. The molecule has 0 aromatic rings. The van der Waals surface area contributed by atoms with Crippen LogP contribution in [0, 0.1) is 5.92 Å². The average molecular weight is 773 g/mol. The molecule has 3 fully saturated rings. The van der Waals surface area contributed by atoms with E-state index in [2.05, 4.69) is 6.92 Å². The van der Waals surface area contributed by atoms with Gasteiger partial charge in [0.05, 0.1) is 48.6 Å². The summed E-state index contributed by atoms with van der Waals surface area (Å²) in [6.45, 7) is 4.79. The summed E-state index contributed by atoms with van der Waals surface area (Å²) >= 11 is 0. The number of rotatable bonds is 34. The molecule has 0 amide bonds. The van der Waals surface area contributed by atoms with Crippen LogP contribution in [-0.4, -0.2) is 108 Å². The summed E-state index contributed by atoms with van der Waals surface area (Å²) in [5.41, 5.74) is 0. The molecule has 3 heterocycles. The Morgan fingerprint density at radius 1 is 0.611 bits per heavy atom. The minimum absolute atomic E-state index is 0.0376. The SMILES string of the molecule is CCCCCCCCCC[C@H](OCOC)[C@H]1CC[C@H]([C@H]2CC[C@H]([C@@H](CCCCCCCCCC[C@H](CC3C(=O)O[C@@H](C)C3O)OCOC)OCOC)O2)O1. The first-order valence-corrected chi connectivity index (χ1v) is 21.9. The second kappa shape index (κ2) is 29.3. The summed E-state index contributed by atoms with van der Waals surface area (Å²) in [6.07, 6.45) is 26.2. The lowest BCUT2D eigenvalue weighted by Gasteiger charge is -2.27. The van der Waals surface area contributed by atoms with Gasteiger partial charge in [0, 0.05) is 21.3 Å². The summed E-state index contributed by atoms with van der Waals surface area (Å²) in [6, 6.07) is 0. The van der Waals surface area contributed by atoms with Crippen LogP contribution in [0.15, 0.2) is 0 Å². The van der Waals surface area contributed by atoms with E-state index in [0.717, 1.165) is 64.2 Å². The topological polar surface area (TPSA) is 120 Å². The molecule has 0 aromatic heterocycles. The fourth-order valence-corrected chi connectivity index (χ4v) is 8.55. The third kappa shape index (κ3) is 18.1. The van der Waals surface area contributed by atoms with Crippen molar-refractivity contribution in [3.8, 4) is 0 Å². The Balaban J connectivity index is 1.29. The predicted molar refractivity (Wildman–Crippen MR) is 209 cm³/mol. The fraction of sp³-hybridized carbons (Fsp3) is 0.977. The highest BCUT2D eigenvalue weighted by Crippen LogP contribution is 2.36. The summed E-state index contributed by atoms with van der Waals surface area (Å²) in [5.74, 6) is -0.849. The van der Waals surface area contributed by atoms with E-state index in [-0.39, 0.29) is 62.3 Å². The molecule has 0 saturated carbocycles. The van der Waals surface area contributed by atoms with Crippen molar-refractivity contribution in [3.63, 3.8) is 0 Å². The number of aliphatic hydroxyl groups is 1. The van der Waals surface area contributed by atoms with Crippen LogP contribution in [0.3, 0.4) is 0 Å². The van der Waals surface area contributed by atoms with Gasteiger partial charge in [-0.2, -0.15) is 0 Å². The van der Waals surface area contributed by atoms with Gasteiger partial charge < -0.3 is 47.7 Å². The van der Waals surface area contributed by atoms with Crippen LogP contribution in [0.25, 0.3) is 0 Å². The molecule has 54 heavy (non-hydrogen) atoms. The van der Waals surface area contributed by atoms with Crippen molar-refractivity contribution in [1.29, 1.82) is 0 Å². The van der Waals surface area contributed by atoms with Crippen molar-refractivity contribution < 1.29 is 52.5 Å². The largest absolute Gasteiger partial charge is 0.460 e. The zero-order chi connectivity index (χ0) is 38.8. The number of cyclic esters (lactones) is 1. The molecule has 3 aliphatic heterocycles. The van der Waals surface area contributed by atoms with Crippen LogP contribution in [-0.2, 0) is 47.4 Å². The second-order valence-electron chi connectivity index (χ2n) is 16.1. The van der Waals surface area contributed by atoms with E-state index in [9.17, 15) is 9.90 Å². The van der Waals surface area contributed by atoms with Gasteiger partial charge in [0.2, 0.25) is 0 Å². The normalized spacial score (nSPS) is 27.4. The van der Waals surface area contributed by atoms with E-state index in [1.54, 1.807) is 28.3 Å². The number of hydrogen-bond acceptors (Lipinski definition) is 11. The molecule has 10 atom stereocenters. The Morgan fingerprint density at radius 3 is 1.46 bits per heavy atom. The van der Waals surface area contributed by atoms with Crippen molar-refractivity contribution in [3.05, 3.63) is 0 Å². The van der Waals surface area contributed by atoms with E-state index in [0.29, 0.717) is 13.2 Å². The van der Waals surface area contributed by atoms with Crippen LogP contribution in [0.4, 0.5) is 0 Å². The monoisotopic (exact) mass is 773 g/mol. The van der Waals surface area contributed by atoms with Gasteiger partial charge in [-0.1, -0.05) is 110 Å². The van der Waals surface area contributed by atoms with Gasteiger partial charge in [-0.25, -0.2) is 0 Å². The minimum atomic E-state index is -0.773. The summed E-state index contributed by atoms with van der Waals surface area (Å²) < 4.78 is 52.4. The molecule has 0 radical (unpaired) electrons. The fourth-order valence-electron chi connectivity index (χ4n) is 8.55. The van der Waals surface area contributed by atoms with E-state index < -0.39 is 18.1 Å². The number of aliphatic hydroxyl groups excluding tert-OH is 1. The molecule has 3 aliphatic rings. The molecule has 3 rings (SSSR count). The van der Waals surface area contributed by atoms with E-state index in [1.807, 2.05) is 0 Å². The number of carbonyl (C=O) groups is 1. The lowest BCUT2D eigenvalue weighted by atomic mass is 9.93. The Kier molecular flexibility index (Phi) is 25.8. The minimum Gasteiger partial charge on any atom is -0.460 e. The highest BCUT2D eigenvalue weighted by atomic mass is 16.7. The Labute approximate surface area is 328 Å². The summed E-state index contributed by atoms with van der Waals surface area (Å²) in [4.78, 5) is 12.2. The molecule has 0 bridgehead atoms. The van der Waals surface area contributed by atoms with Gasteiger partial charge in [-0.3, -0.25) is 4.79 Å². The Bertz CT molecular complexity index is 924. The molecule has 11 nitrogen and oxygen atoms in total. The standard InChI is InChI=1S/C43H80O11/c1-6-7-8-9-10-14-17-20-23-36(50-31-47-4)38-25-27-40(53-38)41-28-26-39(54-41)37(51-32-48-5)24-21-18-15-12-11-13-16-19-22-34(49-30-46-3)29-35-42(44)33(2)52-43(35)45/h33-42,44H,6-32H2,1-5H3/t33-,34+,35?,36-,37+,38+,39+,40+,41+,42?/m0/s1. The first-order valence-electron chi connectivity index (χ1n) is 21.9. The van der Waals surface area contributed by atoms with Gasteiger partial charge >= 0.3 is 5.97 Å². The van der Waals surface area contributed by atoms with Crippen LogP contribution in [0.2, 0.25) is 0 Å². The third-order valence-corrected chi connectivity index (χ3v) is 11.8. The number of esters is 1. The predicted octanol–water partition coefficient (Wildman–Crippen LogP) is 8.79. The zero-order valence-corrected chi connectivity index (χ0v) is 34.9. The first-order chi connectivity index (χ1) is 26.4. The van der Waals surface area contributed by atoms with Crippen LogP contribution >= 0.6 is 0 Å². The van der Waals surface area contributed by atoms with Gasteiger partial charge in [0.1, 0.15) is 32.6 Å². The second-order valence-corrected chi connectivity index (χ2v) is 16.1. The van der Waals surface area contributed by atoms with E-state index in [1.165, 1.54) is 83.5 Å². The molecular weight excluding hydrogens is 692 g/mol. The van der Waals surface area contributed by atoms with Crippen LogP contribution in [0.1, 0.15) is 168 Å². The van der Waals surface area contributed by atoms with Crippen molar-refractivity contribution in [2.24, 2.45) is 5.92 Å². The van der Waals surface area contributed by atoms with E-state index >= 15 is 0 Å². The molecule has 3 saturated heterocycles. The molecule has 0 aliphatic carbocycles. The average Bonchev–Trinajstić information content (AvgIpc) is 3.92. The summed E-state index contributed by atoms with van der Waals surface area (Å²) in [5, 5.41) is 10.3. The van der Waals surface area contributed by atoms with Gasteiger partial charge in [-0.05, 0) is 58.3 Å². The van der Waals surface area contributed by atoms with Gasteiger partial charge in [-0.15, -0.1) is 0 Å². The number of carbonyl (C=O) groups excluding carboxylic acids is 1. The zero-order valence-electron chi connectivity index (χ0n) is 34.9. The molecule has 11 heteroatoms. The smallest absolute Gasteiger partial charge is 0.312 e. The van der Waals surface area contributed by atoms with Gasteiger partial charge in [0.25, 0.3) is 0 Å². The number of hydrogen-bond donors (Lipinski definition) is 1. The molecule has 1 N–H and O–H groups in total. The van der Waals surface area contributed by atoms with Crippen molar-refractivity contribution in [2.45, 2.75) is 223 Å². The summed E-state index contributed by atoms with van der Waals surface area (Å²) in [7, 11) is 4.97. The quantitative estimate of drug-likeness (QED) is 0.0384. The molecular formula is C43H80O11. The number of unbranched alkanes of at least 4 members (excludes halogenated alkanes) is 14. The molecule has 318 valence electrons. The highest BCUT2D eigenvalue weighted by molar-refractivity contribution is 5.75. The van der Waals surface area contributed by atoms with Crippen molar-refractivity contribution in [2.75, 3.05) is 41.7 Å². The Morgan fingerprint density at radius 2 is 1.04 bits per heavy atom. The number of methoxy groups -OCH3 is 3. The Hall–Kier alpha value is -0.890.